The molecule has 100 valence electrons. The number of nitrogens with zero attached hydrogens (tertiary/aromatic N) is 2. The van der Waals surface area contributed by atoms with Crippen LogP contribution in [0, 0.1) is 6.92 Å². The zero-order valence-electron chi connectivity index (χ0n) is 10.4. The molecule has 0 aliphatic carbocycles. The molecule has 1 aliphatic heterocycles. The van der Waals surface area contributed by atoms with Gasteiger partial charge < -0.3 is 4.52 Å². The third-order valence-corrected chi connectivity index (χ3v) is 3.16. The van der Waals surface area contributed by atoms with Crippen molar-refractivity contribution in [3.05, 3.63) is 35.7 Å². The highest BCUT2D eigenvalue weighted by molar-refractivity contribution is 5.54. The number of hydrogen-bond donors (Lipinski definition) is 1. The molecule has 1 unspecified atom stereocenters. The van der Waals surface area contributed by atoms with Gasteiger partial charge in [-0.2, -0.15) is 4.98 Å². The van der Waals surface area contributed by atoms with Crippen molar-refractivity contribution in [3.63, 3.8) is 0 Å². The van der Waals surface area contributed by atoms with Crippen LogP contribution in [0.1, 0.15) is 23.9 Å². The van der Waals surface area contributed by atoms with Crippen LogP contribution in [0.3, 0.4) is 0 Å². The fourth-order valence-corrected chi connectivity index (χ4v) is 2.09. The second-order valence-electron chi connectivity index (χ2n) is 4.82. The van der Waals surface area contributed by atoms with E-state index < -0.39 is 12.0 Å². The fourth-order valence-electron chi connectivity index (χ4n) is 2.09. The van der Waals surface area contributed by atoms with Crippen LogP contribution in [-0.2, 0) is 0 Å². The van der Waals surface area contributed by atoms with Crippen LogP contribution in [-0.4, -0.2) is 22.6 Å². The van der Waals surface area contributed by atoms with E-state index in [0.717, 1.165) is 11.1 Å². The zero-order chi connectivity index (χ0) is 13.5. The lowest BCUT2D eigenvalue weighted by atomic mass is 10.1. The topological polar surface area (TPSA) is 51.0 Å². The van der Waals surface area contributed by atoms with Crippen molar-refractivity contribution in [2.24, 2.45) is 0 Å². The molecule has 1 N–H and O–H groups in total. The summed E-state index contributed by atoms with van der Waals surface area (Å²) in [6.07, 6.45) is -0.303. The highest BCUT2D eigenvalue weighted by atomic mass is 19.3. The Morgan fingerprint density at radius 2 is 2.05 bits per heavy atom. The van der Waals surface area contributed by atoms with Gasteiger partial charge in [-0.05, 0) is 6.92 Å². The van der Waals surface area contributed by atoms with Crippen molar-refractivity contribution in [1.29, 1.82) is 0 Å². The van der Waals surface area contributed by atoms with Crippen LogP contribution in [0.2, 0.25) is 0 Å². The molecule has 0 spiro atoms. The standard InChI is InChI=1S/C13H13F2N3O/c1-8-2-4-9(5-3-8)11-17-12(19-18-11)10-6-13(14,15)7-16-10/h2-5,10,16H,6-7H2,1H3. The van der Waals surface area contributed by atoms with Gasteiger partial charge in [0, 0.05) is 12.0 Å². The first-order valence-electron chi connectivity index (χ1n) is 6.05. The van der Waals surface area contributed by atoms with Crippen LogP contribution in [0.4, 0.5) is 8.78 Å². The van der Waals surface area contributed by atoms with E-state index in [0.29, 0.717) is 5.82 Å². The number of hydrogen-bond acceptors (Lipinski definition) is 4. The molecular weight excluding hydrogens is 252 g/mol. The Hall–Kier alpha value is -1.82. The van der Waals surface area contributed by atoms with E-state index in [2.05, 4.69) is 15.5 Å². The van der Waals surface area contributed by atoms with Gasteiger partial charge in [-0.3, -0.25) is 5.32 Å². The van der Waals surface area contributed by atoms with Gasteiger partial charge in [0.2, 0.25) is 11.7 Å². The van der Waals surface area contributed by atoms with Gasteiger partial charge in [-0.1, -0.05) is 35.0 Å². The summed E-state index contributed by atoms with van der Waals surface area (Å²) in [6, 6.07) is 7.06. The molecule has 3 rings (SSSR count). The number of nitrogens with one attached hydrogen (secondary N) is 1. The Labute approximate surface area is 108 Å². The minimum Gasteiger partial charge on any atom is -0.337 e. The Morgan fingerprint density at radius 1 is 1.32 bits per heavy atom. The third-order valence-electron chi connectivity index (χ3n) is 3.16. The number of aromatic nitrogens is 2. The zero-order valence-corrected chi connectivity index (χ0v) is 10.4. The lowest BCUT2D eigenvalue weighted by Gasteiger charge is -2.04. The molecule has 1 aliphatic rings. The number of rotatable bonds is 2. The van der Waals surface area contributed by atoms with Gasteiger partial charge in [0.1, 0.15) is 0 Å². The van der Waals surface area contributed by atoms with Gasteiger partial charge in [-0.25, -0.2) is 8.78 Å². The molecule has 0 saturated carbocycles. The van der Waals surface area contributed by atoms with Crippen molar-refractivity contribution in [1.82, 2.24) is 15.5 Å². The lowest BCUT2D eigenvalue weighted by Crippen LogP contribution is -2.19. The van der Waals surface area contributed by atoms with E-state index in [4.69, 9.17) is 4.52 Å². The molecule has 2 heterocycles. The monoisotopic (exact) mass is 265 g/mol. The first kappa shape index (κ1) is 12.2. The highest BCUT2D eigenvalue weighted by Crippen LogP contribution is 2.33. The summed E-state index contributed by atoms with van der Waals surface area (Å²) < 4.78 is 31.3. The molecule has 1 fully saturated rings. The SMILES string of the molecule is Cc1ccc(-c2noc(C3CC(F)(F)CN3)n2)cc1. The number of halogens is 2. The van der Waals surface area contributed by atoms with Gasteiger partial charge in [0.05, 0.1) is 12.6 Å². The highest BCUT2D eigenvalue weighted by Gasteiger charge is 2.42. The summed E-state index contributed by atoms with van der Waals surface area (Å²) in [6.45, 7) is 1.63. The van der Waals surface area contributed by atoms with Crippen LogP contribution >= 0.6 is 0 Å². The Kier molecular flexibility index (Phi) is 2.82. The largest absolute Gasteiger partial charge is 0.337 e. The van der Waals surface area contributed by atoms with E-state index >= 15 is 0 Å². The van der Waals surface area contributed by atoms with Gasteiger partial charge in [-0.15, -0.1) is 0 Å². The predicted octanol–water partition coefficient (Wildman–Crippen LogP) is 2.71. The van der Waals surface area contributed by atoms with Crippen molar-refractivity contribution in [2.45, 2.75) is 25.3 Å². The summed E-state index contributed by atoms with van der Waals surface area (Å²) in [7, 11) is 0. The summed E-state index contributed by atoms with van der Waals surface area (Å²) in [5.74, 6) is -2.07. The number of aryl methyl sites for hydroxylation is 1. The maximum atomic E-state index is 13.1. The lowest BCUT2D eigenvalue weighted by molar-refractivity contribution is 0.0200. The average molecular weight is 265 g/mol. The summed E-state index contributed by atoms with van der Waals surface area (Å²) >= 11 is 0. The van der Waals surface area contributed by atoms with Crippen molar-refractivity contribution >= 4 is 0 Å². The number of benzene rings is 1. The average Bonchev–Trinajstić information content (AvgIpc) is 2.96. The minimum atomic E-state index is -2.71. The quantitative estimate of drug-likeness (QED) is 0.907. The molecule has 0 bridgehead atoms. The van der Waals surface area contributed by atoms with Crippen molar-refractivity contribution in [2.75, 3.05) is 6.54 Å². The number of alkyl halides is 2. The van der Waals surface area contributed by atoms with E-state index in [9.17, 15) is 8.78 Å². The predicted molar refractivity (Wildman–Crippen MR) is 64.8 cm³/mol. The third kappa shape index (κ3) is 2.49. The van der Waals surface area contributed by atoms with Crippen LogP contribution in [0.5, 0.6) is 0 Å². The van der Waals surface area contributed by atoms with Gasteiger partial charge in [0.25, 0.3) is 5.92 Å². The molecule has 1 saturated heterocycles. The first-order valence-corrected chi connectivity index (χ1v) is 6.05. The molecule has 6 heteroatoms. The first-order chi connectivity index (χ1) is 9.03. The van der Waals surface area contributed by atoms with Crippen LogP contribution < -0.4 is 5.32 Å². The van der Waals surface area contributed by atoms with E-state index in [-0.39, 0.29) is 18.9 Å². The molecular formula is C13H13F2N3O. The molecule has 1 atom stereocenters. The smallest absolute Gasteiger partial charge is 0.262 e. The molecule has 1 aromatic carbocycles. The second-order valence-corrected chi connectivity index (χ2v) is 4.82. The molecule has 2 aromatic rings. The maximum Gasteiger partial charge on any atom is 0.262 e. The van der Waals surface area contributed by atoms with E-state index in [1.54, 1.807) is 0 Å². The van der Waals surface area contributed by atoms with Crippen molar-refractivity contribution in [3.8, 4) is 11.4 Å². The Bertz CT molecular complexity index is 580. The molecule has 19 heavy (non-hydrogen) atoms. The van der Waals surface area contributed by atoms with Crippen LogP contribution in [0.15, 0.2) is 28.8 Å². The van der Waals surface area contributed by atoms with Gasteiger partial charge >= 0.3 is 0 Å². The molecule has 1 aromatic heterocycles. The van der Waals surface area contributed by atoms with E-state index in [1.165, 1.54) is 0 Å². The molecule has 0 radical (unpaired) electrons. The normalized spacial score (nSPS) is 21.7. The summed E-state index contributed by atoms with van der Waals surface area (Å²) in [5.41, 5.74) is 1.94. The molecule has 4 nitrogen and oxygen atoms in total. The van der Waals surface area contributed by atoms with E-state index in [1.807, 2.05) is 31.2 Å². The van der Waals surface area contributed by atoms with Crippen LogP contribution in [0.25, 0.3) is 11.4 Å². The Morgan fingerprint density at radius 3 is 2.68 bits per heavy atom. The molecule has 0 amide bonds. The summed E-state index contributed by atoms with van der Waals surface area (Å²) in [4.78, 5) is 4.18. The minimum absolute atomic E-state index is 0.216. The van der Waals surface area contributed by atoms with Gasteiger partial charge in [0.15, 0.2) is 0 Å². The second kappa shape index (κ2) is 4.38. The Balaban J connectivity index is 1.82. The van der Waals surface area contributed by atoms with Crippen molar-refractivity contribution < 1.29 is 13.3 Å². The maximum absolute atomic E-state index is 13.1. The fraction of sp³-hybridized carbons (Fsp3) is 0.385. The summed E-state index contributed by atoms with van der Waals surface area (Å²) in [5, 5.41) is 6.53.